The number of methoxy groups -OCH3 is 1. The first-order chi connectivity index (χ1) is 9.19. The smallest absolute Gasteiger partial charge is 0.236 e. The zero-order chi connectivity index (χ0) is 14.1. The number of thioether (sulfide) groups is 1. The van der Waals surface area contributed by atoms with Gasteiger partial charge in [-0.1, -0.05) is 18.2 Å². The number of nitrogens with two attached hydrogens (primary N) is 1. The summed E-state index contributed by atoms with van der Waals surface area (Å²) in [7, 11) is 1.65. The van der Waals surface area contributed by atoms with Crippen molar-refractivity contribution in [1.29, 1.82) is 0 Å². The average Bonchev–Trinajstić information content (AvgIpc) is 2.45. The predicted octanol–water partition coefficient (Wildman–Crippen LogP) is 1.43. The van der Waals surface area contributed by atoms with Crippen LogP contribution < -0.4 is 15.8 Å². The van der Waals surface area contributed by atoms with E-state index in [2.05, 4.69) is 5.32 Å². The van der Waals surface area contributed by atoms with Crippen molar-refractivity contribution in [2.75, 3.05) is 25.7 Å². The van der Waals surface area contributed by atoms with E-state index in [0.29, 0.717) is 13.0 Å². The molecule has 1 aromatic rings. The number of carbonyl (C=O) groups is 1. The van der Waals surface area contributed by atoms with Crippen LogP contribution in [-0.2, 0) is 11.2 Å². The van der Waals surface area contributed by atoms with Gasteiger partial charge in [0, 0.05) is 6.54 Å². The van der Waals surface area contributed by atoms with Gasteiger partial charge in [-0.25, -0.2) is 0 Å². The van der Waals surface area contributed by atoms with E-state index in [1.165, 1.54) is 0 Å². The van der Waals surface area contributed by atoms with Crippen molar-refractivity contribution >= 4 is 17.7 Å². The summed E-state index contributed by atoms with van der Waals surface area (Å²) >= 11 is 1.70. The Hall–Kier alpha value is -1.20. The molecule has 0 radical (unpaired) electrons. The highest BCUT2D eigenvalue weighted by atomic mass is 32.2. The number of hydrogen-bond acceptors (Lipinski definition) is 4. The van der Waals surface area contributed by atoms with E-state index >= 15 is 0 Å². The Kier molecular flexibility index (Phi) is 7.36. The van der Waals surface area contributed by atoms with E-state index in [4.69, 9.17) is 10.5 Å². The third-order valence-corrected chi connectivity index (χ3v) is 3.50. The highest BCUT2D eigenvalue weighted by Crippen LogP contribution is 2.17. The summed E-state index contributed by atoms with van der Waals surface area (Å²) in [6, 6.07) is 7.40. The lowest BCUT2D eigenvalue weighted by molar-refractivity contribution is -0.122. The van der Waals surface area contributed by atoms with Crippen LogP contribution in [-0.4, -0.2) is 37.6 Å². The number of rotatable bonds is 8. The van der Waals surface area contributed by atoms with E-state index < -0.39 is 6.04 Å². The molecule has 0 aromatic heterocycles. The first-order valence-electron chi connectivity index (χ1n) is 6.33. The van der Waals surface area contributed by atoms with Crippen LogP contribution in [0.5, 0.6) is 5.75 Å². The number of nitrogens with one attached hydrogen (secondary N) is 1. The van der Waals surface area contributed by atoms with Crippen molar-refractivity contribution in [2.45, 2.75) is 18.9 Å². The largest absolute Gasteiger partial charge is 0.496 e. The second kappa shape index (κ2) is 8.82. The molecular formula is C14H22N2O2S. The highest BCUT2D eigenvalue weighted by molar-refractivity contribution is 7.98. The minimum atomic E-state index is -0.412. The molecule has 5 heteroatoms. The summed E-state index contributed by atoms with van der Waals surface area (Å²) in [6.45, 7) is 0.576. The van der Waals surface area contributed by atoms with Gasteiger partial charge in [-0.15, -0.1) is 0 Å². The normalized spacial score (nSPS) is 11.9. The van der Waals surface area contributed by atoms with Gasteiger partial charge < -0.3 is 15.8 Å². The molecule has 0 saturated heterocycles. The van der Waals surface area contributed by atoms with Crippen molar-refractivity contribution < 1.29 is 9.53 Å². The van der Waals surface area contributed by atoms with Crippen LogP contribution in [0.15, 0.2) is 24.3 Å². The topological polar surface area (TPSA) is 64.3 Å². The Morgan fingerprint density at radius 1 is 1.47 bits per heavy atom. The molecule has 0 fully saturated rings. The molecule has 0 saturated carbocycles. The monoisotopic (exact) mass is 282 g/mol. The van der Waals surface area contributed by atoms with Gasteiger partial charge in [0.05, 0.1) is 13.2 Å². The number of hydrogen-bond donors (Lipinski definition) is 2. The molecule has 0 aliphatic heterocycles. The Labute approximate surface area is 119 Å². The molecule has 1 unspecified atom stereocenters. The Morgan fingerprint density at radius 3 is 2.89 bits per heavy atom. The van der Waals surface area contributed by atoms with Gasteiger partial charge in [0.1, 0.15) is 5.75 Å². The number of ether oxygens (including phenoxy) is 1. The molecular weight excluding hydrogens is 260 g/mol. The molecule has 106 valence electrons. The fraction of sp³-hybridized carbons (Fsp3) is 0.500. The highest BCUT2D eigenvalue weighted by Gasteiger charge is 2.12. The molecule has 0 bridgehead atoms. The summed E-state index contributed by atoms with van der Waals surface area (Å²) in [4.78, 5) is 11.7. The van der Waals surface area contributed by atoms with Gasteiger partial charge in [-0.3, -0.25) is 4.79 Å². The van der Waals surface area contributed by atoms with Gasteiger partial charge in [0.25, 0.3) is 0 Å². The van der Waals surface area contributed by atoms with Crippen molar-refractivity contribution in [3.05, 3.63) is 29.8 Å². The fourth-order valence-electron chi connectivity index (χ4n) is 1.74. The molecule has 0 aliphatic carbocycles. The molecule has 1 amide bonds. The first kappa shape index (κ1) is 15.9. The number of carbonyl (C=O) groups excluding carboxylic acids is 1. The van der Waals surface area contributed by atoms with Gasteiger partial charge in [-0.05, 0) is 36.5 Å². The number of amides is 1. The van der Waals surface area contributed by atoms with Gasteiger partial charge in [0.15, 0.2) is 0 Å². The molecule has 3 N–H and O–H groups in total. The minimum absolute atomic E-state index is 0.0797. The number of benzene rings is 1. The first-order valence-corrected chi connectivity index (χ1v) is 7.72. The van der Waals surface area contributed by atoms with Crippen LogP contribution in [0.2, 0.25) is 0 Å². The molecule has 1 rings (SSSR count). The summed E-state index contributed by atoms with van der Waals surface area (Å²) in [5, 5.41) is 2.86. The van der Waals surface area contributed by atoms with Gasteiger partial charge >= 0.3 is 0 Å². The lowest BCUT2D eigenvalue weighted by Crippen LogP contribution is -2.41. The summed E-state index contributed by atoms with van der Waals surface area (Å²) < 4.78 is 5.26. The van der Waals surface area contributed by atoms with E-state index in [1.54, 1.807) is 18.9 Å². The quantitative estimate of drug-likeness (QED) is 0.757. The molecule has 0 aliphatic rings. The van der Waals surface area contributed by atoms with Crippen molar-refractivity contribution in [3.63, 3.8) is 0 Å². The SMILES string of the molecule is COc1ccccc1CCNC(=O)C(N)CCSC. The second-order valence-electron chi connectivity index (χ2n) is 4.24. The lowest BCUT2D eigenvalue weighted by atomic mass is 10.1. The molecule has 19 heavy (non-hydrogen) atoms. The van der Waals surface area contributed by atoms with Crippen molar-refractivity contribution in [2.24, 2.45) is 5.73 Å². The minimum Gasteiger partial charge on any atom is -0.496 e. The van der Waals surface area contributed by atoms with Crippen LogP contribution in [0.1, 0.15) is 12.0 Å². The van der Waals surface area contributed by atoms with Crippen LogP contribution in [0.25, 0.3) is 0 Å². The standard InChI is InChI=1S/C14H22N2O2S/c1-18-13-6-4-3-5-11(13)7-9-16-14(17)12(15)8-10-19-2/h3-6,12H,7-10,15H2,1-2H3,(H,16,17). The van der Waals surface area contributed by atoms with E-state index in [0.717, 1.165) is 23.5 Å². The Balaban J connectivity index is 2.35. The van der Waals surface area contributed by atoms with Gasteiger partial charge in [0.2, 0.25) is 5.91 Å². The molecule has 1 aromatic carbocycles. The summed E-state index contributed by atoms with van der Waals surface area (Å²) in [6.07, 6.45) is 3.46. The summed E-state index contributed by atoms with van der Waals surface area (Å²) in [5.74, 6) is 1.67. The Morgan fingerprint density at radius 2 is 2.21 bits per heavy atom. The van der Waals surface area contributed by atoms with E-state index in [1.807, 2.05) is 30.5 Å². The van der Waals surface area contributed by atoms with Crippen LogP contribution in [0, 0.1) is 0 Å². The van der Waals surface area contributed by atoms with Crippen molar-refractivity contribution in [3.8, 4) is 5.75 Å². The average molecular weight is 282 g/mol. The van der Waals surface area contributed by atoms with E-state index in [-0.39, 0.29) is 5.91 Å². The third kappa shape index (κ3) is 5.53. The maximum absolute atomic E-state index is 11.7. The zero-order valence-electron chi connectivity index (χ0n) is 11.5. The van der Waals surface area contributed by atoms with E-state index in [9.17, 15) is 4.79 Å². The fourth-order valence-corrected chi connectivity index (χ4v) is 2.23. The van der Waals surface area contributed by atoms with Crippen LogP contribution >= 0.6 is 11.8 Å². The van der Waals surface area contributed by atoms with Crippen LogP contribution in [0.3, 0.4) is 0 Å². The second-order valence-corrected chi connectivity index (χ2v) is 5.23. The third-order valence-electron chi connectivity index (χ3n) is 2.86. The van der Waals surface area contributed by atoms with Gasteiger partial charge in [-0.2, -0.15) is 11.8 Å². The maximum atomic E-state index is 11.7. The lowest BCUT2D eigenvalue weighted by Gasteiger charge is -2.12. The zero-order valence-corrected chi connectivity index (χ0v) is 12.3. The molecule has 0 heterocycles. The Bertz CT molecular complexity index is 399. The molecule has 1 atom stereocenters. The molecule has 0 spiro atoms. The maximum Gasteiger partial charge on any atom is 0.236 e. The van der Waals surface area contributed by atoms with Crippen LogP contribution in [0.4, 0.5) is 0 Å². The van der Waals surface area contributed by atoms with Crippen molar-refractivity contribution in [1.82, 2.24) is 5.32 Å². The predicted molar refractivity (Wildman–Crippen MR) is 80.7 cm³/mol. The summed E-state index contributed by atoms with van der Waals surface area (Å²) in [5.41, 5.74) is 6.87. The molecule has 4 nitrogen and oxygen atoms in total. The number of para-hydroxylation sites is 1.